The van der Waals surface area contributed by atoms with Gasteiger partial charge in [0.1, 0.15) is 12.4 Å². The third kappa shape index (κ3) is 6.18. The molecule has 2 heterocycles. The Morgan fingerprint density at radius 2 is 1.91 bits per heavy atom. The predicted octanol–water partition coefficient (Wildman–Crippen LogP) is 6.40. The van der Waals surface area contributed by atoms with Gasteiger partial charge in [-0.15, -0.1) is 11.3 Å². The Morgan fingerprint density at radius 3 is 2.58 bits per heavy atom. The van der Waals surface area contributed by atoms with Crippen LogP contribution in [-0.2, 0) is 23.9 Å². The van der Waals surface area contributed by atoms with Crippen molar-refractivity contribution in [3.8, 4) is 16.9 Å². The van der Waals surface area contributed by atoms with E-state index in [1.165, 1.54) is 0 Å². The number of likely N-dealkylation sites (tertiary alicyclic amines) is 1. The molecule has 3 aromatic rings. The standard InChI is InChI=1S/C26H27F2NO3S/c1-26(27,28)25-23(20-5-3-2-4-6-20)14-22(33-25)17-32-21-9-7-18(8-10-21)15-29-12-11-19(16-29)13-24(30)31/h2-10,14,19H,11-13,15-17H2,1H3,(H,30,31). The number of carboxylic acids is 1. The number of hydrogen-bond donors (Lipinski definition) is 1. The Morgan fingerprint density at radius 1 is 1.18 bits per heavy atom. The summed E-state index contributed by atoms with van der Waals surface area (Å²) in [6.07, 6.45) is 1.14. The topological polar surface area (TPSA) is 49.8 Å². The van der Waals surface area contributed by atoms with E-state index in [-0.39, 0.29) is 23.8 Å². The van der Waals surface area contributed by atoms with Crippen molar-refractivity contribution in [1.82, 2.24) is 4.90 Å². The number of thiophene rings is 1. The average molecular weight is 472 g/mol. The van der Waals surface area contributed by atoms with Crippen LogP contribution in [0.4, 0.5) is 8.78 Å². The normalized spacial score (nSPS) is 16.8. The molecule has 0 aliphatic carbocycles. The lowest BCUT2D eigenvalue weighted by atomic mass is 10.0. The lowest BCUT2D eigenvalue weighted by Gasteiger charge is -2.16. The number of carbonyl (C=O) groups is 1. The number of ether oxygens (including phenoxy) is 1. The number of rotatable bonds is 9. The molecule has 1 atom stereocenters. The van der Waals surface area contributed by atoms with Gasteiger partial charge in [-0.25, -0.2) is 8.78 Å². The van der Waals surface area contributed by atoms with E-state index in [2.05, 4.69) is 4.90 Å². The molecule has 7 heteroatoms. The van der Waals surface area contributed by atoms with Crippen LogP contribution < -0.4 is 4.74 Å². The smallest absolute Gasteiger partial charge is 0.303 e. The van der Waals surface area contributed by atoms with Crippen molar-refractivity contribution in [2.75, 3.05) is 13.1 Å². The van der Waals surface area contributed by atoms with Crippen molar-refractivity contribution in [2.45, 2.75) is 38.8 Å². The van der Waals surface area contributed by atoms with Crippen LogP contribution in [-0.4, -0.2) is 29.1 Å². The molecule has 0 saturated carbocycles. The zero-order valence-corrected chi connectivity index (χ0v) is 19.3. The minimum Gasteiger partial charge on any atom is -0.488 e. The molecule has 1 aromatic heterocycles. The van der Waals surface area contributed by atoms with Gasteiger partial charge in [-0.3, -0.25) is 9.69 Å². The number of alkyl halides is 2. The van der Waals surface area contributed by atoms with Crippen LogP contribution in [0.2, 0.25) is 0 Å². The molecule has 4 nitrogen and oxygen atoms in total. The second kappa shape index (κ2) is 10.0. The summed E-state index contributed by atoms with van der Waals surface area (Å²) in [6, 6.07) is 18.8. The highest BCUT2D eigenvalue weighted by atomic mass is 32.1. The fourth-order valence-corrected chi connectivity index (χ4v) is 5.27. The predicted molar refractivity (Wildman–Crippen MR) is 126 cm³/mol. The summed E-state index contributed by atoms with van der Waals surface area (Å²) in [5.74, 6) is -2.75. The Balaban J connectivity index is 1.37. The molecule has 1 N–H and O–H groups in total. The largest absolute Gasteiger partial charge is 0.488 e. The molecule has 0 spiro atoms. The van der Waals surface area contributed by atoms with E-state index in [9.17, 15) is 13.6 Å². The van der Waals surface area contributed by atoms with Crippen LogP contribution in [0, 0.1) is 5.92 Å². The zero-order valence-electron chi connectivity index (χ0n) is 18.5. The first-order chi connectivity index (χ1) is 15.8. The summed E-state index contributed by atoms with van der Waals surface area (Å²) in [5.41, 5.74) is 2.45. The quantitative estimate of drug-likeness (QED) is 0.392. The Bertz CT molecular complexity index is 1080. The maximum atomic E-state index is 14.2. The van der Waals surface area contributed by atoms with Crippen molar-refractivity contribution in [3.63, 3.8) is 0 Å². The van der Waals surface area contributed by atoms with Gasteiger partial charge in [-0.2, -0.15) is 0 Å². The first-order valence-electron chi connectivity index (χ1n) is 11.0. The molecule has 174 valence electrons. The summed E-state index contributed by atoms with van der Waals surface area (Å²) in [4.78, 5) is 14.0. The lowest BCUT2D eigenvalue weighted by Crippen LogP contribution is -2.20. The van der Waals surface area contributed by atoms with Gasteiger partial charge in [0.2, 0.25) is 0 Å². The fraction of sp³-hybridized carbons (Fsp3) is 0.346. The van der Waals surface area contributed by atoms with E-state index in [0.29, 0.717) is 11.3 Å². The highest BCUT2D eigenvalue weighted by Crippen LogP contribution is 2.42. The molecule has 2 aromatic carbocycles. The summed E-state index contributed by atoms with van der Waals surface area (Å²) in [5, 5.41) is 8.96. The van der Waals surface area contributed by atoms with E-state index in [1.807, 2.05) is 54.6 Å². The van der Waals surface area contributed by atoms with Gasteiger partial charge in [-0.05, 0) is 48.2 Å². The van der Waals surface area contributed by atoms with Crippen molar-refractivity contribution in [1.29, 1.82) is 0 Å². The monoisotopic (exact) mass is 471 g/mol. The van der Waals surface area contributed by atoms with Gasteiger partial charge in [0.25, 0.3) is 5.92 Å². The SMILES string of the molecule is CC(F)(F)c1sc(COc2ccc(CN3CCC(CC(=O)O)C3)cc2)cc1-c1ccccc1. The van der Waals surface area contributed by atoms with Gasteiger partial charge in [-0.1, -0.05) is 42.5 Å². The molecule has 1 saturated heterocycles. The number of halogens is 2. The summed E-state index contributed by atoms with van der Waals surface area (Å²) in [7, 11) is 0. The van der Waals surface area contributed by atoms with Crippen LogP contribution in [0.15, 0.2) is 60.7 Å². The van der Waals surface area contributed by atoms with Gasteiger partial charge in [0.05, 0.1) is 4.88 Å². The summed E-state index contributed by atoms with van der Waals surface area (Å²) in [6.45, 7) is 3.64. The van der Waals surface area contributed by atoms with E-state index in [0.717, 1.165) is 60.3 Å². The number of carboxylic acid groups (broad SMARTS) is 1. The van der Waals surface area contributed by atoms with Crippen LogP contribution in [0.3, 0.4) is 0 Å². The van der Waals surface area contributed by atoms with Gasteiger partial charge in [0, 0.05) is 36.9 Å². The van der Waals surface area contributed by atoms with Crippen molar-refractivity contribution in [3.05, 3.63) is 76.0 Å². The highest BCUT2D eigenvalue weighted by molar-refractivity contribution is 7.12. The lowest BCUT2D eigenvalue weighted by molar-refractivity contribution is -0.138. The van der Waals surface area contributed by atoms with E-state index in [4.69, 9.17) is 9.84 Å². The fourth-order valence-electron chi connectivity index (χ4n) is 4.25. The summed E-state index contributed by atoms with van der Waals surface area (Å²) < 4.78 is 34.3. The molecule has 4 rings (SSSR count). The van der Waals surface area contributed by atoms with Crippen molar-refractivity contribution < 1.29 is 23.4 Å². The molecule has 1 aliphatic heterocycles. The van der Waals surface area contributed by atoms with Gasteiger partial charge >= 0.3 is 5.97 Å². The second-order valence-corrected chi connectivity index (χ2v) is 9.77. The minimum absolute atomic E-state index is 0.0504. The van der Waals surface area contributed by atoms with Gasteiger partial charge < -0.3 is 9.84 Å². The minimum atomic E-state index is -2.92. The van der Waals surface area contributed by atoms with Crippen LogP contribution in [0.1, 0.15) is 35.1 Å². The third-order valence-electron chi connectivity index (χ3n) is 5.81. The second-order valence-electron chi connectivity index (χ2n) is 8.63. The van der Waals surface area contributed by atoms with Crippen molar-refractivity contribution in [2.24, 2.45) is 5.92 Å². The molecular formula is C26H27F2NO3S. The zero-order chi connectivity index (χ0) is 23.4. The van der Waals surface area contributed by atoms with Crippen molar-refractivity contribution >= 4 is 17.3 Å². The Kier molecular flexibility index (Phi) is 7.10. The number of aliphatic carboxylic acids is 1. The Hall–Kier alpha value is -2.77. The maximum absolute atomic E-state index is 14.2. The highest BCUT2D eigenvalue weighted by Gasteiger charge is 2.31. The first kappa shape index (κ1) is 23.4. The third-order valence-corrected chi connectivity index (χ3v) is 7.09. The summed E-state index contributed by atoms with van der Waals surface area (Å²) >= 11 is 1.09. The number of benzene rings is 2. The van der Waals surface area contributed by atoms with Crippen LogP contribution >= 0.6 is 11.3 Å². The molecule has 1 aliphatic rings. The average Bonchev–Trinajstić information content (AvgIpc) is 3.40. The van der Waals surface area contributed by atoms with Gasteiger partial charge in [0.15, 0.2) is 0 Å². The van der Waals surface area contributed by atoms with Crippen LogP contribution in [0.5, 0.6) is 5.75 Å². The molecule has 1 fully saturated rings. The molecular weight excluding hydrogens is 444 g/mol. The van der Waals surface area contributed by atoms with E-state index in [1.54, 1.807) is 6.07 Å². The molecule has 33 heavy (non-hydrogen) atoms. The number of hydrogen-bond acceptors (Lipinski definition) is 4. The van der Waals surface area contributed by atoms with Crippen LogP contribution in [0.25, 0.3) is 11.1 Å². The Labute approximate surface area is 196 Å². The molecule has 0 radical (unpaired) electrons. The van der Waals surface area contributed by atoms with E-state index >= 15 is 0 Å². The molecule has 0 bridgehead atoms. The maximum Gasteiger partial charge on any atom is 0.303 e. The molecule has 0 amide bonds. The first-order valence-corrected chi connectivity index (χ1v) is 11.8. The van der Waals surface area contributed by atoms with E-state index < -0.39 is 11.9 Å². The molecule has 1 unspecified atom stereocenters. The number of nitrogens with zero attached hydrogens (tertiary/aromatic N) is 1.